The Balaban J connectivity index is 2.20. The first-order valence-corrected chi connectivity index (χ1v) is 5.66. The summed E-state index contributed by atoms with van der Waals surface area (Å²) in [5.74, 6) is 0. The van der Waals surface area contributed by atoms with Crippen molar-refractivity contribution in [3.63, 3.8) is 0 Å². The van der Waals surface area contributed by atoms with E-state index in [-0.39, 0.29) is 0 Å². The molecule has 0 amide bonds. The van der Waals surface area contributed by atoms with Gasteiger partial charge in [0, 0.05) is 0 Å². The molecule has 0 heterocycles. The first-order chi connectivity index (χ1) is 5.66. The highest BCUT2D eigenvalue weighted by Gasteiger charge is 2.46. The van der Waals surface area contributed by atoms with Crippen LogP contribution in [0, 0.1) is 10.8 Å². The van der Waals surface area contributed by atoms with E-state index in [1.807, 2.05) is 0 Å². The maximum absolute atomic E-state index is 2.55. The van der Waals surface area contributed by atoms with Crippen molar-refractivity contribution in [3.05, 3.63) is 0 Å². The molecule has 0 bridgehead atoms. The van der Waals surface area contributed by atoms with E-state index in [0.29, 0.717) is 10.8 Å². The quantitative estimate of drug-likeness (QED) is 0.507. The molecule has 0 aromatic heterocycles. The van der Waals surface area contributed by atoms with Crippen LogP contribution in [-0.2, 0) is 0 Å². The maximum Gasteiger partial charge on any atom is -0.0272 e. The second-order valence-corrected chi connectivity index (χ2v) is 5.54. The van der Waals surface area contributed by atoms with Crippen molar-refractivity contribution >= 4 is 0 Å². The van der Waals surface area contributed by atoms with Gasteiger partial charge in [-0.15, -0.1) is 0 Å². The Morgan fingerprint density at radius 3 is 1.08 bits per heavy atom. The Hall–Kier alpha value is 0. The van der Waals surface area contributed by atoms with Crippen molar-refractivity contribution < 1.29 is 0 Å². The molecular weight excluding hydrogens is 144 g/mol. The number of rotatable bonds is 0. The molecule has 0 aromatic rings. The number of hydrogen-bond donors (Lipinski definition) is 0. The lowest BCUT2D eigenvalue weighted by Crippen LogP contribution is -2.42. The summed E-state index contributed by atoms with van der Waals surface area (Å²) in [5, 5.41) is 0. The summed E-state index contributed by atoms with van der Waals surface area (Å²) in [6.45, 7) is 5.09. The van der Waals surface area contributed by atoms with Gasteiger partial charge in [0.05, 0.1) is 0 Å². The van der Waals surface area contributed by atoms with E-state index in [1.165, 1.54) is 51.4 Å². The van der Waals surface area contributed by atoms with Crippen LogP contribution in [0.5, 0.6) is 0 Å². The summed E-state index contributed by atoms with van der Waals surface area (Å²) in [5.41, 5.74) is 1.42. The molecule has 0 nitrogen and oxygen atoms in total. The minimum Gasteiger partial charge on any atom is -0.0591 e. The molecule has 0 N–H and O–H groups in total. The average molecular weight is 166 g/mol. The van der Waals surface area contributed by atoms with Gasteiger partial charge < -0.3 is 0 Å². The summed E-state index contributed by atoms with van der Waals surface area (Å²) < 4.78 is 0. The lowest BCUT2D eigenvalue weighted by atomic mass is 9.52. The smallest absolute Gasteiger partial charge is 0.0272 e. The summed E-state index contributed by atoms with van der Waals surface area (Å²) in [7, 11) is 0. The van der Waals surface area contributed by atoms with Crippen LogP contribution in [0.15, 0.2) is 0 Å². The van der Waals surface area contributed by atoms with E-state index in [4.69, 9.17) is 0 Å². The van der Waals surface area contributed by atoms with Crippen LogP contribution in [0.1, 0.15) is 65.2 Å². The lowest BCUT2D eigenvalue weighted by molar-refractivity contribution is -0.0261. The van der Waals surface area contributed by atoms with Crippen molar-refractivity contribution in [1.82, 2.24) is 0 Å². The van der Waals surface area contributed by atoms with Crippen molar-refractivity contribution in [1.29, 1.82) is 0 Å². The Bertz CT molecular complexity index is 137. The standard InChI is InChI=1S/C12H22/c1-11-7-3-5-9-12(11,2)10-6-4-8-11/h3-10H2,1-2H3/t11-,12+. The molecule has 2 rings (SSSR count). The fourth-order valence-electron chi connectivity index (χ4n) is 3.52. The molecule has 0 radical (unpaired) electrons. The van der Waals surface area contributed by atoms with E-state index in [9.17, 15) is 0 Å². The van der Waals surface area contributed by atoms with Gasteiger partial charge >= 0.3 is 0 Å². The van der Waals surface area contributed by atoms with Gasteiger partial charge in [-0.2, -0.15) is 0 Å². The molecule has 2 saturated carbocycles. The number of fused-ring (bicyclic) bond motifs is 1. The Kier molecular flexibility index (Phi) is 1.97. The van der Waals surface area contributed by atoms with Gasteiger partial charge in [-0.3, -0.25) is 0 Å². The van der Waals surface area contributed by atoms with Crippen molar-refractivity contribution in [2.75, 3.05) is 0 Å². The van der Waals surface area contributed by atoms with Gasteiger partial charge in [0.1, 0.15) is 0 Å². The van der Waals surface area contributed by atoms with Gasteiger partial charge in [0.2, 0.25) is 0 Å². The SMILES string of the molecule is C[C@]12CCCC[C@@]1(C)CCCC2. The van der Waals surface area contributed by atoms with E-state index < -0.39 is 0 Å². The zero-order valence-electron chi connectivity index (χ0n) is 8.66. The van der Waals surface area contributed by atoms with Crippen LogP contribution in [0.25, 0.3) is 0 Å². The zero-order valence-corrected chi connectivity index (χ0v) is 8.66. The maximum atomic E-state index is 2.55. The number of hydrogen-bond acceptors (Lipinski definition) is 0. The van der Waals surface area contributed by atoms with E-state index in [2.05, 4.69) is 13.8 Å². The van der Waals surface area contributed by atoms with E-state index in [1.54, 1.807) is 0 Å². The van der Waals surface area contributed by atoms with Crippen LogP contribution in [0.4, 0.5) is 0 Å². The minimum absolute atomic E-state index is 0.712. The van der Waals surface area contributed by atoms with Gasteiger partial charge in [-0.25, -0.2) is 0 Å². The first kappa shape index (κ1) is 8.59. The molecule has 0 spiro atoms. The second kappa shape index (κ2) is 2.75. The summed E-state index contributed by atoms with van der Waals surface area (Å²) in [6.07, 6.45) is 12.0. The molecule has 12 heavy (non-hydrogen) atoms. The third kappa shape index (κ3) is 1.11. The topological polar surface area (TPSA) is 0 Å². The average Bonchev–Trinajstić information content (AvgIpc) is 2.05. The molecule has 70 valence electrons. The van der Waals surface area contributed by atoms with Crippen molar-refractivity contribution in [2.24, 2.45) is 10.8 Å². The Morgan fingerprint density at radius 1 is 0.583 bits per heavy atom. The highest BCUT2D eigenvalue weighted by atomic mass is 14.5. The predicted octanol–water partition coefficient (Wildman–Crippen LogP) is 4.15. The Labute approximate surface area is 76.7 Å². The zero-order chi connectivity index (χ0) is 8.66. The molecule has 2 aliphatic rings. The molecule has 0 unspecified atom stereocenters. The summed E-state index contributed by atoms with van der Waals surface area (Å²) >= 11 is 0. The highest BCUT2D eigenvalue weighted by Crippen LogP contribution is 2.58. The van der Waals surface area contributed by atoms with Crippen LogP contribution in [0.2, 0.25) is 0 Å². The molecule has 2 aliphatic carbocycles. The second-order valence-electron chi connectivity index (χ2n) is 5.54. The van der Waals surface area contributed by atoms with Crippen molar-refractivity contribution in [2.45, 2.75) is 65.2 Å². The van der Waals surface area contributed by atoms with Gasteiger partial charge in [0.15, 0.2) is 0 Å². The van der Waals surface area contributed by atoms with Crippen LogP contribution < -0.4 is 0 Å². The molecule has 0 saturated heterocycles. The van der Waals surface area contributed by atoms with E-state index >= 15 is 0 Å². The molecule has 2 fully saturated rings. The molecule has 0 aliphatic heterocycles. The largest absolute Gasteiger partial charge is 0.0591 e. The third-order valence-corrected chi connectivity index (χ3v) is 4.87. The predicted molar refractivity (Wildman–Crippen MR) is 53.2 cm³/mol. The van der Waals surface area contributed by atoms with Crippen LogP contribution in [0.3, 0.4) is 0 Å². The fraction of sp³-hybridized carbons (Fsp3) is 1.00. The molecular formula is C12H22. The molecule has 0 heteroatoms. The highest BCUT2D eigenvalue weighted by molar-refractivity contribution is 4.97. The molecule has 0 atom stereocenters. The summed E-state index contributed by atoms with van der Waals surface area (Å²) in [6, 6.07) is 0. The van der Waals surface area contributed by atoms with Gasteiger partial charge in [0.25, 0.3) is 0 Å². The minimum atomic E-state index is 0.712. The normalized spacial score (nSPS) is 48.5. The molecule has 0 aromatic carbocycles. The van der Waals surface area contributed by atoms with E-state index in [0.717, 1.165) is 0 Å². The van der Waals surface area contributed by atoms with Crippen LogP contribution >= 0.6 is 0 Å². The fourth-order valence-corrected chi connectivity index (χ4v) is 3.52. The third-order valence-electron chi connectivity index (χ3n) is 4.87. The monoisotopic (exact) mass is 166 g/mol. The first-order valence-electron chi connectivity index (χ1n) is 5.66. The van der Waals surface area contributed by atoms with Gasteiger partial charge in [-0.05, 0) is 36.5 Å². The lowest BCUT2D eigenvalue weighted by Gasteiger charge is -2.53. The Morgan fingerprint density at radius 2 is 0.833 bits per heavy atom. The van der Waals surface area contributed by atoms with Crippen LogP contribution in [-0.4, -0.2) is 0 Å². The van der Waals surface area contributed by atoms with Gasteiger partial charge in [-0.1, -0.05) is 39.5 Å². The summed E-state index contributed by atoms with van der Waals surface area (Å²) in [4.78, 5) is 0. The van der Waals surface area contributed by atoms with Crippen molar-refractivity contribution in [3.8, 4) is 0 Å².